The zero-order valence-corrected chi connectivity index (χ0v) is 8.32. The molecule has 14 heavy (non-hydrogen) atoms. The Morgan fingerprint density at radius 2 is 2.36 bits per heavy atom. The Kier molecular flexibility index (Phi) is 3.71. The second kappa shape index (κ2) is 4.81. The smallest absolute Gasteiger partial charge is 0.308 e. The molecular formula is C10H14O4. The van der Waals surface area contributed by atoms with E-state index in [1.54, 1.807) is 26.0 Å². The highest BCUT2D eigenvalue weighted by Crippen LogP contribution is 2.19. The Morgan fingerprint density at radius 1 is 1.64 bits per heavy atom. The molecule has 0 bridgehead atoms. The van der Waals surface area contributed by atoms with Crippen molar-refractivity contribution in [2.45, 2.75) is 26.4 Å². The highest BCUT2D eigenvalue weighted by molar-refractivity contribution is 5.70. The van der Waals surface area contributed by atoms with Gasteiger partial charge in [0.25, 0.3) is 0 Å². The topological polar surface area (TPSA) is 59.7 Å². The molecule has 1 rings (SSSR count). The molecule has 0 spiro atoms. The maximum atomic E-state index is 11.0. The van der Waals surface area contributed by atoms with Crippen LogP contribution in [0.1, 0.15) is 31.0 Å². The second-order valence-electron chi connectivity index (χ2n) is 2.97. The van der Waals surface area contributed by atoms with Crippen LogP contribution in [-0.2, 0) is 9.53 Å². The number of aliphatic hydroxyl groups is 1. The van der Waals surface area contributed by atoms with Crippen LogP contribution in [0, 0.1) is 6.92 Å². The van der Waals surface area contributed by atoms with Crippen molar-refractivity contribution >= 4 is 5.97 Å². The Bertz CT molecular complexity index is 303. The van der Waals surface area contributed by atoms with E-state index in [0.29, 0.717) is 18.1 Å². The summed E-state index contributed by atoms with van der Waals surface area (Å²) in [4.78, 5) is 11.0. The van der Waals surface area contributed by atoms with Crippen molar-refractivity contribution in [3.63, 3.8) is 0 Å². The van der Waals surface area contributed by atoms with Crippen molar-refractivity contribution in [3.05, 3.63) is 23.7 Å². The molecule has 0 aliphatic heterocycles. The SMILES string of the molecule is CCOC(=O)CC(O)c1ccc(C)o1. The molecule has 0 aliphatic carbocycles. The van der Waals surface area contributed by atoms with Gasteiger partial charge in [-0.1, -0.05) is 0 Å². The summed E-state index contributed by atoms with van der Waals surface area (Å²) in [7, 11) is 0. The normalized spacial score (nSPS) is 12.5. The standard InChI is InChI=1S/C10H14O4/c1-3-13-10(12)6-8(11)9-5-4-7(2)14-9/h4-5,8,11H,3,6H2,1-2H3. The predicted molar refractivity (Wildman–Crippen MR) is 49.7 cm³/mol. The van der Waals surface area contributed by atoms with E-state index in [4.69, 9.17) is 9.15 Å². The summed E-state index contributed by atoms with van der Waals surface area (Å²) in [5, 5.41) is 9.54. The van der Waals surface area contributed by atoms with E-state index in [9.17, 15) is 9.90 Å². The summed E-state index contributed by atoms with van der Waals surface area (Å²) in [6, 6.07) is 3.39. The first-order valence-electron chi connectivity index (χ1n) is 4.53. The molecule has 0 aliphatic rings. The lowest BCUT2D eigenvalue weighted by molar-refractivity contribution is -0.145. The summed E-state index contributed by atoms with van der Waals surface area (Å²) in [5.74, 6) is 0.688. The summed E-state index contributed by atoms with van der Waals surface area (Å²) in [6.07, 6.45) is -0.983. The van der Waals surface area contributed by atoms with Crippen molar-refractivity contribution in [2.75, 3.05) is 6.61 Å². The number of esters is 1. The summed E-state index contributed by atoms with van der Waals surface area (Å²) in [6.45, 7) is 3.82. The van der Waals surface area contributed by atoms with Gasteiger partial charge in [0, 0.05) is 0 Å². The van der Waals surface area contributed by atoms with Crippen molar-refractivity contribution < 1.29 is 19.1 Å². The monoisotopic (exact) mass is 198 g/mol. The van der Waals surface area contributed by atoms with Crippen molar-refractivity contribution in [3.8, 4) is 0 Å². The maximum absolute atomic E-state index is 11.0. The quantitative estimate of drug-likeness (QED) is 0.746. The first-order valence-corrected chi connectivity index (χ1v) is 4.53. The van der Waals surface area contributed by atoms with Gasteiger partial charge < -0.3 is 14.3 Å². The first-order chi connectivity index (χ1) is 6.63. The van der Waals surface area contributed by atoms with Gasteiger partial charge >= 0.3 is 5.97 Å². The molecule has 1 aromatic heterocycles. The van der Waals surface area contributed by atoms with Gasteiger partial charge in [0.05, 0.1) is 13.0 Å². The van der Waals surface area contributed by atoms with E-state index >= 15 is 0 Å². The highest BCUT2D eigenvalue weighted by atomic mass is 16.5. The van der Waals surface area contributed by atoms with Crippen LogP contribution in [0.3, 0.4) is 0 Å². The minimum atomic E-state index is -0.914. The van der Waals surface area contributed by atoms with Crippen LogP contribution in [0.4, 0.5) is 0 Å². The molecule has 78 valence electrons. The zero-order valence-electron chi connectivity index (χ0n) is 8.32. The molecule has 0 aromatic carbocycles. The number of hydrogen-bond acceptors (Lipinski definition) is 4. The van der Waals surface area contributed by atoms with Gasteiger partial charge in [0.2, 0.25) is 0 Å². The van der Waals surface area contributed by atoms with Crippen LogP contribution in [0.25, 0.3) is 0 Å². The Hall–Kier alpha value is -1.29. The van der Waals surface area contributed by atoms with E-state index in [0.717, 1.165) is 0 Å². The lowest BCUT2D eigenvalue weighted by atomic mass is 10.2. The van der Waals surface area contributed by atoms with Gasteiger partial charge in [-0.15, -0.1) is 0 Å². The van der Waals surface area contributed by atoms with Gasteiger partial charge in [-0.05, 0) is 26.0 Å². The number of hydrogen-bond donors (Lipinski definition) is 1. The molecule has 0 saturated carbocycles. The van der Waals surface area contributed by atoms with Gasteiger partial charge in [0.1, 0.15) is 17.6 Å². The average Bonchev–Trinajstić information content (AvgIpc) is 2.52. The Balaban J connectivity index is 2.50. The van der Waals surface area contributed by atoms with E-state index in [1.807, 2.05) is 0 Å². The molecule has 4 heteroatoms. The van der Waals surface area contributed by atoms with Gasteiger partial charge in [0.15, 0.2) is 0 Å². The van der Waals surface area contributed by atoms with E-state index in [-0.39, 0.29) is 6.42 Å². The van der Waals surface area contributed by atoms with Crippen molar-refractivity contribution in [1.82, 2.24) is 0 Å². The van der Waals surface area contributed by atoms with Crippen LogP contribution in [0.15, 0.2) is 16.5 Å². The number of furan rings is 1. The summed E-state index contributed by atoms with van der Waals surface area (Å²) in [5.41, 5.74) is 0. The lowest BCUT2D eigenvalue weighted by Crippen LogP contribution is -2.09. The first kappa shape index (κ1) is 10.8. The lowest BCUT2D eigenvalue weighted by Gasteiger charge is -2.06. The van der Waals surface area contributed by atoms with Gasteiger partial charge in [-0.3, -0.25) is 4.79 Å². The number of rotatable bonds is 4. The molecular weight excluding hydrogens is 184 g/mol. The largest absolute Gasteiger partial charge is 0.466 e. The van der Waals surface area contributed by atoms with E-state index in [1.165, 1.54) is 0 Å². The van der Waals surface area contributed by atoms with Crippen LogP contribution >= 0.6 is 0 Å². The minimum Gasteiger partial charge on any atom is -0.466 e. The molecule has 1 aromatic rings. The number of ether oxygens (including phenoxy) is 1. The Labute approximate surface area is 82.5 Å². The minimum absolute atomic E-state index is 0.0687. The highest BCUT2D eigenvalue weighted by Gasteiger charge is 2.16. The number of carbonyl (C=O) groups excluding carboxylic acids is 1. The van der Waals surface area contributed by atoms with E-state index in [2.05, 4.69) is 0 Å². The number of carbonyl (C=O) groups is 1. The average molecular weight is 198 g/mol. The zero-order chi connectivity index (χ0) is 10.6. The third-order valence-electron chi connectivity index (χ3n) is 1.75. The molecule has 4 nitrogen and oxygen atoms in total. The molecule has 1 atom stereocenters. The third-order valence-corrected chi connectivity index (χ3v) is 1.75. The fourth-order valence-electron chi connectivity index (χ4n) is 1.11. The van der Waals surface area contributed by atoms with Crippen molar-refractivity contribution in [1.29, 1.82) is 0 Å². The number of aliphatic hydroxyl groups excluding tert-OH is 1. The molecule has 0 radical (unpaired) electrons. The maximum Gasteiger partial charge on any atom is 0.308 e. The van der Waals surface area contributed by atoms with Gasteiger partial charge in [-0.2, -0.15) is 0 Å². The van der Waals surface area contributed by atoms with Crippen LogP contribution in [0.5, 0.6) is 0 Å². The third kappa shape index (κ3) is 2.88. The molecule has 1 heterocycles. The van der Waals surface area contributed by atoms with Crippen LogP contribution in [0.2, 0.25) is 0 Å². The second-order valence-corrected chi connectivity index (χ2v) is 2.97. The molecule has 0 fully saturated rings. The number of aryl methyl sites for hydroxylation is 1. The fourth-order valence-corrected chi connectivity index (χ4v) is 1.11. The molecule has 1 N–H and O–H groups in total. The predicted octanol–water partition coefficient (Wildman–Crippen LogP) is 1.57. The molecule has 1 unspecified atom stereocenters. The summed E-state index contributed by atoms with van der Waals surface area (Å²) >= 11 is 0. The van der Waals surface area contributed by atoms with Crippen LogP contribution in [-0.4, -0.2) is 17.7 Å². The van der Waals surface area contributed by atoms with Crippen molar-refractivity contribution in [2.24, 2.45) is 0 Å². The Morgan fingerprint density at radius 3 is 2.86 bits per heavy atom. The molecule has 0 saturated heterocycles. The summed E-state index contributed by atoms with van der Waals surface area (Å²) < 4.78 is 9.87. The molecule has 0 amide bonds. The van der Waals surface area contributed by atoms with Gasteiger partial charge in [-0.25, -0.2) is 0 Å². The van der Waals surface area contributed by atoms with Crippen LogP contribution < -0.4 is 0 Å². The fraction of sp³-hybridized carbons (Fsp3) is 0.500. The van der Waals surface area contributed by atoms with E-state index < -0.39 is 12.1 Å².